The highest BCUT2D eigenvalue weighted by Crippen LogP contribution is 2.39. The third kappa shape index (κ3) is 1.69. The van der Waals surface area contributed by atoms with E-state index in [0.29, 0.717) is 11.8 Å². The van der Waals surface area contributed by atoms with Crippen molar-refractivity contribution < 1.29 is 4.74 Å². The van der Waals surface area contributed by atoms with Gasteiger partial charge in [0, 0.05) is 24.8 Å². The van der Waals surface area contributed by atoms with E-state index in [0.717, 1.165) is 43.0 Å². The van der Waals surface area contributed by atoms with Crippen LogP contribution in [0.3, 0.4) is 0 Å². The summed E-state index contributed by atoms with van der Waals surface area (Å²) >= 11 is 0. The summed E-state index contributed by atoms with van der Waals surface area (Å²) in [5.41, 5.74) is 8.13. The molecule has 5 nitrogen and oxygen atoms in total. The number of likely N-dealkylation sites (N-methyl/N-ethyl adjacent to an activating group) is 1. The number of nitrogens with two attached hydrogens (primary N) is 1. The van der Waals surface area contributed by atoms with Gasteiger partial charge in [-0.2, -0.15) is 0 Å². The van der Waals surface area contributed by atoms with Gasteiger partial charge in [-0.05, 0) is 19.8 Å². The lowest BCUT2D eigenvalue weighted by Crippen LogP contribution is -2.37. The molecule has 2 aliphatic heterocycles. The number of aryl methyl sites for hydroxylation is 1. The molecule has 102 valence electrons. The Labute approximate surface area is 112 Å². The molecule has 0 saturated carbocycles. The fourth-order valence-electron chi connectivity index (χ4n) is 3.21. The number of rotatable bonds is 3. The summed E-state index contributed by atoms with van der Waals surface area (Å²) in [5, 5.41) is 0. The number of hydrogen-bond acceptors (Lipinski definition) is 4. The molecule has 1 aromatic rings. The minimum Gasteiger partial charge on any atom is -0.472 e. The Balaban J connectivity index is 2.24. The van der Waals surface area contributed by atoms with Crippen LogP contribution in [-0.4, -0.2) is 29.3 Å². The summed E-state index contributed by atoms with van der Waals surface area (Å²) in [4.78, 5) is 14.4. The zero-order valence-electron chi connectivity index (χ0n) is 11.2. The van der Waals surface area contributed by atoms with E-state index in [4.69, 9.17) is 10.5 Å². The van der Waals surface area contributed by atoms with E-state index in [1.165, 1.54) is 0 Å². The number of nitrogens with zero attached hydrogens (tertiary/aromatic N) is 2. The number of aromatic nitrogens is 1. The Hall–Kier alpha value is -1.75. The van der Waals surface area contributed by atoms with Crippen molar-refractivity contribution in [2.75, 3.05) is 19.8 Å². The molecular weight excluding hydrogens is 242 g/mol. The maximum atomic E-state index is 12.2. The maximum Gasteiger partial charge on any atom is 0.224 e. The molecule has 1 atom stereocenters. The smallest absolute Gasteiger partial charge is 0.224 e. The van der Waals surface area contributed by atoms with Crippen molar-refractivity contribution in [1.29, 1.82) is 0 Å². The molecule has 0 aromatic carbocycles. The average Bonchev–Trinajstić information content (AvgIpc) is 2.79. The van der Waals surface area contributed by atoms with Crippen molar-refractivity contribution >= 4 is 5.70 Å². The highest BCUT2D eigenvalue weighted by atomic mass is 16.5. The molecule has 2 N–H and O–H groups in total. The van der Waals surface area contributed by atoms with Crippen LogP contribution < -0.4 is 15.9 Å². The van der Waals surface area contributed by atoms with Gasteiger partial charge in [0.15, 0.2) is 5.75 Å². The van der Waals surface area contributed by atoms with E-state index in [-0.39, 0.29) is 12.2 Å². The summed E-state index contributed by atoms with van der Waals surface area (Å²) in [6, 6.07) is 2.10. The third-order valence-electron chi connectivity index (χ3n) is 4.08. The van der Waals surface area contributed by atoms with Crippen LogP contribution >= 0.6 is 0 Å². The first-order chi connectivity index (χ1) is 9.17. The second kappa shape index (κ2) is 4.42. The minimum atomic E-state index is -0.0912. The zero-order valence-corrected chi connectivity index (χ0v) is 11.2. The highest BCUT2D eigenvalue weighted by Gasteiger charge is 2.34. The summed E-state index contributed by atoms with van der Waals surface area (Å²) in [6.45, 7) is 8.09. The number of pyridine rings is 1. The average molecular weight is 261 g/mol. The van der Waals surface area contributed by atoms with Gasteiger partial charge in [0.2, 0.25) is 5.43 Å². The highest BCUT2D eigenvalue weighted by molar-refractivity contribution is 5.67. The summed E-state index contributed by atoms with van der Waals surface area (Å²) in [6.07, 6.45) is 2.02. The van der Waals surface area contributed by atoms with Crippen molar-refractivity contribution in [3.63, 3.8) is 0 Å². The van der Waals surface area contributed by atoms with E-state index in [1.807, 2.05) is 0 Å². The quantitative estimate of drug-likeness (QED) is 0.823. The Morgan fingerprint density at radius 1 is 1.58 bits per heavy atom. The summed E-state index contributed by atoms with van der Waals surface area (Å²) < 4.78 is 7.61. The van der Waals surface area contributed by atoms with E-state index < -0.39 is 0 Å². The van der Waals surface area contributed by atoms with Gasteiger partial charge in [0.25, 0.3) is 0 Å². The molecule has 0 radical (unpaired) electrons. The van der Waals surface area contributed by atoms with E-state index in [1.54, 1.807) is 6.07 Å². The number of hydrogen-bond donors (Lipinski definition) is 1. The van der Waals surface area contributed by atoms with Crippen molar-refractivity contribution in [3.8, 4) is 5.75 Å². The Bertz CT molecular complexity index is 591. The van der Waals surface area contributed by atoms with Gasteiger partial charge in [-0.15, -0.1) is 0 Å². The predicted molar refractivity (Wildman–Crippen MR) is 74.0 cm³/mol. The Morgan fingerprint density at radius 3 is 3.05 bits per heavy atom. The normalized spacial score (nSPS) is 20.6. The van der Waals surface area contributed by atoms with Gasteiger partial charge in [0.05, 0.1) is 11.7 Å². The molecular formula is C14H19N3O2. The van der Waals surface area contributed by atoms with E-state index in [9.17, 15) is 4.79 Å². The molecule has 1 aromatic heterocycles. The van der Waals surface area contributed by atoms with Crippen molar-refractivity contribution in [3.05, 3.63) is 34.3 Å². The lowest BCUT2D eigenvalue weighted by molar-refractivity contribution is 0.286. The molecule has 0 spiro atoms. The largest absolute Gasteiger partial charge is 0.472 e. The van der Waals surface area contributed by atoms with Gasteiger partial charge in [-0.25, -0.2) is 0 Å². The van der Waals surface area contributed by atoms with Crippen molar-refractivity contribution in [2.45, 2.75) is 25.8 Å². The lowest BCUT2D eigenvalue weighted by atomic mass is 10.1. The van der Waals surface area contributed by atoms with Gasteiger partial charge < -0.3 is 14.2 Å². The van der Waals surface area contributed by atoms with Gasteiger partial charge in [-0.1, -0.05) is 6.58 Å². The van der Waals surface area contributed by atoms with E-state index in [2.05, 4.69) is 23.0 Å². The molecule has 0 amide bonds. The van der Waals surface area contributed by atoms with Crippen LogP contribution in [0.5, 0.6) is 5.75 Å². The maximum absolute atomic E-state index is 12.2. The second-order valence-corrected chi connectivity index (χ2v) is 5.04. The molecule has 0 bridgehead atoms. The molecule has 1 unspecified atom stereocenters. The van der Waals surface area contributed by atoms with Gasteiger partial charge >= 0.3 is 0 Å². The van der Waals surface area contributed by atoms with Crippen LogP contribution in [0, 0.1) is 0 Å². The molecule has 19 heavy (non-hydrogen) atoms. The Kier molecular flexibility index (Phi) is 2.86. The molecule has 3 rings (SSSR count). The summed E-state index contributed by atoms with van der Waals surface area (Å²) in [7, 11) is 0. The van der Waals surface area contributed by atoms with Gasteiger partial charge in [-0.3, -0.25) is 10.5 Å². The first-order valence-electron chi connectivity index (χ1n) is 6.72. The van der Waals surface area contributed by atoms with Crippen molar-refractivity contribution in [1.82, 2.24) is 9.47 Å². The van der Waals surface area contributed by atoms with Crippen LogP contribution in [0.2, 0.25) is 0 Å². The lowest BCUT2D eigenvalue weighted by Gasteiger charge is -2.37. The molecule has 2 aliphatic rings. The Morgan fingerprint density at radius 2 is 2.37 bits per heavy atom. The van der Waals surface area contributed by atoms with Crippen molar-refractivity contribution in [2.24, 2.45) is 5.73 Å². The third-order valence-corrected chi connectivity index (χ3v) is 4.08. The predicted octanol–water partition coefficient (Wildman–Crippen LogP) is 0.937. The molecule has 0 fully saturated rings. The zero-order chi connectivity index (χ0) is 13.6. The topological polar surface area (TPSA) is 60.5 Å². The minimum absolute atomic E-state index is 0.00561. The van der Waals surface area contributed by atoms with E-state index >= 15 is 0 Å². The summed E-state index contributed by atoms with van der Waals surface area (Å²) in [5.74, 6) is 0.348. The van der Waals surface area contributed by atoms with Crippen LogP contribution in [0.25, 0.3) is 5.70 Å². The second-order valence-electron chi connectivity index (χ2n) is 5.04. The van der Waals surface area contributed by atoms with Crippen LogP contribution in [-0.2, 0) is 6.42 Å². The fourth-order valence-corrected chi connectivity index (χ4v) is 3.21. The standard InChI is InChI=1S/C14H19N3O2/c1-3-16-7-11-5-4-10-6-12(18)14(19-8-15)13(9(16)2)17(10)11/h6,11H,2-5,7-8,15H2,1H3. The van der Waals surface area contributed by atoms with Crippen LogP contribution in [0.1, 0.15) is 30.8 Å². The SMILES string of the molecule is C=C1c2c(OCN)c(=O)cc3n2C(CC3)CN1CC. The van der Waals surface area contributed by atoms with Crippen LogP contribution in [0.4, 0.5) is 0 Å². The number of ether oxygens (including phenoxy) is 1. The molecule has 5 heteroatoms. The molecule has 0 aliphatic carbocycles. The molecule has 3 heterocycles. The fraction of sp³-hybridized carbons (Fsp3) is 0.500. The monoisotopic (exact) mass is 261 g/mol. The van der Waals surface area contributed by atoms with Gasteiger partial charge in [0.1, 0.15) is 12.4 Å². The first-order valence-corrected chi connectivity index (χ1v) is 6.72. The molecule has 0 saturated heterocycles. The first kappa shape index (κ1) is 12.3. The van der Waals surface area contributed by atoms with Crippen LogP contribution in [0.15, 0.2) is 17.4 Å².